The van der Waals surface area contributed by atoms with Gasteiger partial charge in [-0.2, -0.15) is 0 Å². The van der Waals surface area contributed by atoms with Crippen molar-refractivity contribution in [3.63, 3.8) is 0 Å². The number of hydrogen-bond acceptors (Lipinski definition) is 2. The van der Waals surface area contributed by atoms with Gasteiger partial charge in [0, 0.05) is 32.0 Å². The highest BCUT2D eigenvalue weighted by atomic mass is 19.2. The van der Waals surface area contributed by atoms with Crippen molar-refractivity contribution in [3.05, 3.63) is 41.2 Å². The Balaban J connectivity index is 2.05. The monoisotopic (exact) mass is 283 g/mol. The molecule has 0 aliphatic carbocycles. The average Bonchev–Trinajstić information content (AvgIpc) is 2.42. The first kappa shape index (κ1) is 14.3. The number of rotatable bonds is 2. The fraction of sp³-hybridized carbons (Fsp3) is 0.286. The minimum absolute atomic E-state index is 0.0582. The van der Waals surface area contributed by atoms with E-state index in [1.165, 1.54) is 11.0 Å². The Labute approximate surface area is 113 Å². The fourth-order valence-electron chi connectivity index (χ4n) is 1.92. The fourth-order valence-corrected chi connectivity index (χ4v) is 1.92. The van der Waals surface area contributed by atoms with Crippen LogP contribution in [0.25, 0.3) is 6.08 Å². The van der Waals surface area contributed by atoms with Crippen LogP contribution >= 0.6 is 0 Å². The van der Waals surface area contributed by atoms with Crippen LogP contribution in [0.3, 0.4) is 0 Å². The summed E-state index contributed by atoms with van der Waals surface area (Å²) in [7, 11) is 0. The molecule has 1 aromatic rings. The molecule has 6 heteroatoms. The van der Waals surface area contributed by atoms with Gasteiger partial charge in [0.1, 0.15) is 5.78 Å². The second-order valence-corrected chi connectivity index (χ2v) is 4.50. The van der Waals surface area contributed by atoms with Crippen molar-refractivity contribution < 1.29 is 22.8 Å². The van der Waals surface area contributed by atoms with E-state index in [4.69, 9.17) is 0 Å². The van der Waals surface area contributed by atoms with Crippen molar-refractivity contribution in [2.75, 3.05) is 13.1 Å². The summed E-state index contributed by atoms with van der Waals surface area (Å²) in [6, 6.07) is 1.61. The number of amides is 1. The summed E-state index contributed by atoms with van der Waals surface area (Å²) in [5.41, 5.74) is 0.0582. The maximum Gasteiger partial charge on any atom is 0.246 e. The lowest BCUT2D eigenvalue weighted by molar-refractivity contribution is -0.130. The summed E-state index contributed by atoms with van der Waals surface area (Å²) in [4.78, 5) is 24.3. The number of carbonyl (C=O) groups excluding carboxylic acids is 2. The van der Waals surface area contributed by atoms with Crippen molar-refractivity contribution in [1.82, 2.24) is 4.90 Å². The molecular formula is C14H12F3NO2. The highest BCUT2D eigenvalue weighted by molar-refractivity contribution is 5.93. The van der Waals surface area contributed by atoms with E-state index in [0.717, 1.165) is 18.2 Å². The maximum atomic E-state index is 13.0. The molecule has 3 nitrogen and oxygen atoms in total. The van der Waals surface area contributed by atoms with E-state index in [2.05, 4.69) is 0 Å². The largest absolute Gasteiger partial charge is 0.338 e. The Morgan fingerprint density at radius 2 is 1.65 bits per heavy atom. The third-order valence-corrected chi connectivity index (χ3v) is 3.06. The molecule has 1 aromatic carbocycles. The van der Waals surface area contributed by atoms with Gasteiger partial charge in [-0.05, 0) is 23.8 Å². The Morgan fingerprint density at radius 1 is 1.10 bits per heavy atom. The molecule has 106 valence electrons. The first-order chi connectivity index (χ1) is 9.47. The van der Waals surface area contributed by atoms with Crippen LogP contribution in [-0.2, 0) is 9.59 Å². The zero-order chi connectivity index (χ0) is 14.7. The second-order valence-electron chi connectivity index (χ2n) is 4.50. The number of piperidine rings is 1. The van der Waals surface area contributed by atoms with Crippen LogP contribution < -0.4 is 0 Å². The molecular weight excluding hydrogens is 271 g/mol. The van der Waals surface area contributed by atoms with Crippen LogP contribution in [0.2, 0.25) is 0 Å². The molecule has 0 spiro atoms. The highest BCUT2D eigenvalue weighted by Crippen LogP contribution is 2.15. The van der Waals surface area contributed by atoms with E-state index >= 15 is 0 Å². The third kappa shape index (κ3) is 3.26. The molecule has 0 atom stereocenters. The Hall–Kier alpha value is -2.11. The molecule has 2 rings (SSSR count). The molecule has 0 unspecified atom stereocenters. The first-order valence-electron chi connectivity index (χ1n) is 6.10. The van der Waals surface area contributed by atoms with E-state index < -0.39 is 17.5 Å². The Kier molecular flexibility index (Phi) is 4.22. The number of Topliss-reactive ketones (excluding diaryl/α,β-unsaturated/α-hetero) is 1. The van der Waals surface area contributed by atoms with Gasteiger partial charge < -0.3 is 4.90 Å². The topological polar surface area (TPSA) is 37.4 Å². The summed E-state index contributed by atoms with van der Waals surface area (Å²) >= 11 is 0. The molecule has 1 aliphatic heterocycles. The summed E-state index contributed by atoms with van der Waals surface area (Å²) in [6.07, 6.45) is 3.01. The predicted octanol–water partition coefficient (Wildman–Crippen LogP) is 2.31. The van der Waals surface area contributed by atoms with Gasteiger partial charge in [0.25, 0.3) is 0 Å². The van der Waals surface area contributed by atoms with Crippen LogP contribution in [0.15, 0.2) is 18.2 Å². The molecule has 0 bridgehead atoms. The van der Waals surface area contributed by atoms with Crippen molar-refractivity contribution in [1.29, 1.82) is 0 Å². The van der Waals surface area contributed by atoms with Gasteiger partial charge in [-0.25, -0.2) is 13.2 Å². The highest BCUT2D eigenvalue weighted by Gasteiger charge is 2.18. The maximum absolute atomic E-state index is 13.0. The lowest BCUT2D eigenvalue weighted by Gasteiger charge is -2.24. The summed E-state index contributed by atoms with van der Waals surface area (Å²) < 4.78 is 38.7. The molecule has 1 aliphatic rings. The molecule has 1 saturated heterocycles. The predicted molar refractivity (Wildman–Crippen MR) is 66.2 cm³/mol. The quantitative estimate of drug-likeness (QED) is 0.617. The van der Waals surface area contributed by atoms with Crippen LogP contribution in [0, 0.1) is 17.5 Å². The Morgan fingerprint density at radius 3 is 2.20 bits per heavy atom. The smallest absolute Gasteiger partial charge is 0.246 e. The van der Waals surface area contributed by atoms with Crippen molar-refractivity contribution in [2.24, 2.45) is 0 Å². The molecule has 1 amide bonds. The van der Waals surface area contributed by atoms with Gasteiger partial charge in [-0.15, -0.1) is 0 Å². The lowest BCUT2D eigenvalue weighted by atomic mass is 10.1. The van der Waals surface area contributed by atoms with Crippen LogP contribution in [0.1, 0.15) is 18.4 Å². The number of halogens is 3. The molecule has 20 heavy (non-hydrogen) atoms. The van der Waals surface area contributed by atoms with Gasteiger partial charge in [0.15, 0.2) is 17.5 Å². The molecule has 1 heterocycles. The minimum atomic E-state index is -1.54. The zero-order valence-electron chi connectivity index (χ0n) is 10.5. The molecule has 0 aromatic heterocycles. The van der Waals surface area contributed by atoms with E-state index in [0.29, 0.717) is 25.9 Å². The van der Waals surface area contributed by atoms with Gasteiger partial charge in [-0.3, -0.25) is 9.59 Å². The minimum Gasteiger partial charge on any atom is -0.338 e. The van der Waals surface area contributed by atoms with Crippen LogP contribution in [-0.4, -0.2) is 29.7 Å². The summed E-state index contributed by atoms with van der Waals surface area (Å²) in [5.74, 6) is -4.38. The SMILES string of the molecule is O=C1CCN(C(=O)/C=C/c2cc(F)c(F)c(F)c2)CC1. The number of likely N-dealkylation sites (tertiary alicyclic amines) is 1. The van der Waals surface area contributed by atoms with Gasteiger partial charge >= 0.3 is 0 Å². The van der Waals surface area contributed by atoms with Crippen molar-refractivity contribution in [3.8, 4) is 0 Å². The lowest BCUT2D eigenvalue weighted by Crippen LogP contribution is -2.37. The zero-order valence-corrected chi connectivity index (χ0v) is 10.5. The van der Waals surface area contributed by atoms with Gasteiger partial charge in [0.2, 0.25) is 5.91 Å². The van der Waals surface area contributed by atoms with E-state index in [9.17, 15) is 22.8 Å². The molecule has 0 N–H and O–H groups in total. The van der Waals surface area contributed by atoms with Gasteiger partial charge in [0.05, 0.1) is 0 Å². The number of hydrogen-bond donors (Lipinski definition) is 0. The van der Waals surface area contributed by atoms with Crippen LogP contribution in [0.4, 0.5) is 13.2 Å². The third-order valence-electron chi connectivity index (χ3n) is 3.06. The first-order valence-corrected chi connectivity index (χ1v) is 6.10. The molecule has 0 radical (unpaired) electrons. The van der Waals surface area contributed by atoms with Gasteiger partial charge in [-0.1, -0.05) is 0 Å². The standard InChI is InChI=1S/C14H12F3NO2/c15-11-7-9(8-12(16)14(11)17)1-2-13(20)18-5-3-10(19)4-6-18/h1-2,7-8H,3-6H2/b2-1+. The number of nitrogens with zero attached hydrogens (tertiary/aromatic N) is 1. The van der Waals surface area contributed by atoms with E-state index in [1.54, 1.807) is 0 Å². The van der Waals surface area contributed by atoms with E-state index in [-0.39, 0.29) is 17.3 Å². The second kappa shape index (κ2) is 5.90. The summed E-state index contributed by atoms with van der Waals surface area (Å²) in [5, 5.41) is 0. The van der Waals surface area contributed by atoms with E-state index in [1.807, 2.05) is 0 Å². The van der Waals surface area contributed by atoms with Crippen LogP contribution in [0.5, 0.6) is 0 Å². The Bertz CT molecular complexity index is 551. The average molecular weight is 283 g/mol. The molecule has 1 fully saturated rings. The summed E-state index contributed by atoms with van der Waals surface area (Å²) in [6.45, 7) is 0.683. The molecule has 0 saturated carbocycles. The van der Waals surface area contributed by atoms with Crippen molar-refractivity contribution in [2.45, 2.75) is 12.8 Å². The number of ketones is 1. The number of carbonyl (C=O) groups is 2. The number of benzene rings is 1. The normalized spacial score (nSPS) is 15.9. The van der Waals surface area contributed by atoms with Crippen molar-refractivity contribution >= 4 is 17.8 Å².